The van der Waals surface area contributed by atoms with Gasteiger partial charge in [-0.2, -0.15) is 13.2 Å². The second-order valence-corrected chi connectivity index (χ2v) is 6.67. The first-order chi connectivity index (χ1) is 12.5. The van der Waals surface area contributed by atoms with Crippen molar-refractivity contribution >= 4 is 35.6 Å². The Balaban J connectivity index is 0.00000261. The SMILES string of the molecule is FC(F)(F)c1cccc(N2CCN(CCCNC3=NCCCN3)CC2)c1.I. The summed E-state index contributed by atoms with van der Waals surface area (Å²) in [6, 6.07) is 5.61. The first kappa shape index (κ1) is 22.1. The summed E-state index contributed by atoms with van der Waals surface area (Å²) in [7, 11) is 0. The van der Waals surface area contributed by atoms with Crippen LogP contribution < -0.4 is 15.5 Å². The highest BCUT2D eigenvalue weighted by atomic mass is 127. The van der Waals surface area contributed by atoms with Gasteiger partial charge >= 0.3 is 6.18 Å². The maximum absolute atomic E-state index is 12.9. The summed E-state index contributed by atoms with van der Waals surface area (Å²) in [4.78, 5) is 8.77. The maximum atomic E-state index is 12.9. The number of hydrogen-bond donors (Lipinski definition) is 2. The zero-order valence-corrected chi connectivity index (χ0v) is 17.6. The fraction of sp³-hybridized carbons (Fsp3) is 0.611. The number of piperazine rings is 1. The molecule has 2 heterocycles. The van der Waals surface area contributed by atoms with E-state index in [2.05, 4.69) is 20.5 Å². The Kier molecular flexibility index (Phi) is 8.46. The van der Waals surface area contributed by atoms with E-state index in [1.165, 1.54) is 12.1 Å². The molecular weight excluding hydrogens is 470 g/mol. The third-order valence-electron chi connectivity index (χ3n) is 4.75. The summed E-state index contributed by atoms with van der Waals surface area (Å²) in [5, 5.41) is 6.55. The zero-order valence-electron chi connectivity index (χ0n) is 15.3. The average Bonchev–Trinajstić information content (AvgIpc) is 2.66. The predicted octanol–water partition coefficient (Wildman–Crippen LogP) is 2.77. The lowest BCUT2D eigenvalue weighted by molar-refractivity contribution is -0.137. The van der Waals surface area contributed by atoms with Crippen LogP contribution in [0.5, 0.6) is 0 Å². The van der Waals surface area contributed by atoms with E-state index < -0.39 is 11.7 Å². The lowest BCUT2D eigenvalue weighted by atomic mass is 10.1. The van der Waals surface area contributed by atoms with Crippen LogP contribution in [0.4, 0.5) is 18.9 Å². The Labute approximate surface area is 175 Å². The number of guanidine groups is 1. The highest BCUT2D eigenvalue weighted by molar-refractivity contribution is 14.0. The van der Waals surface area contributed by atoms with E-state index in [4.69, 9.17) is 0 Å². The molecule has 1 aromatic carbocycles. The van der Waals surface area contributed by atoms with Crippen LogP contribution in [-0.2, 0) is 6.18 Å². The standard InChI is InChI=1S/C18H26F3N5.HI/c19-18(20,21)15-4-1-5-16(14-15)26-12-10-25(11-13-26)9-3-8-24-17-22-6-2-7-23-17;/h1,4-5,14H,2-3,6-13H2,(H2,22,23,24);1H. The van der Waals surface area contributed by atoms with Crippen LogP contribution in [0.2, 0.25) is 0 Å². The van der Waals surface area contributed by atoms with Gasteiger partial charge in [-0.05, 0) is 37.6 Å². The third kappa shape index (κ3) is 6.70. The number of rotatable bonds is 5. The summed E-state index contributed by atoms with van der Waals surface area (Å²) in [6.45, 7) is 6.96. The zero-order chi connectivity index (χ0) is 18.4. The normalized spacial score (nSPS) is 18.3. The molecule has 0 amide bonds. The first-order valence-electron chi connectivity index (χ1n) is 9.19. The maximum Gasteiger partial charge on any atom is 0.416 e. The van der Waals surface area contributed by atoms with Gasteiger partial charge in [-0.1, -0.05) is 6.07 Å². The fourth-order valence-electron chi connectivity index (χ4n) is 3.27. The van der Waals surface area contributed by atoms with Crippen molar-refractivity contribution in [3.8, 4) is 0 Å². The minimum absolute atomic E-state index is 0. The van der Waals surface area contributed by atoms with Crippen molar-refractivity contribution in [3.05, 3.63) is 29.8 Å². The van der Waals surface area contributed by atoms with Crippen molar-refractivity contribution in [1.82, 2.24) is 15.5 Å². The molecule has 152 valence electrons. The van der Waals surface area contributed by atoms with Crippen molar-refractivity contribution in [2.75, 3.05) is 57.3 Å². The summed E-state index contributed by atoms with van der Waals surface area (Å²) < 4.78 is 38.6. The fourth-order valence-corrected chi connectivity index (χ4v) is 3.27. The van der Waals surface area contributed by atoms with Gasteiger partial charge in [0.15, 0.2) is 5.96 Å². The van der Waals surface area contributed by atoms with Crippen molar-refractivity contribution in [3.63, 3.8) is 0 Å². The van der Waals surface area contributed by atoms with Gasteiger partial charge in [0, 0.05) is 51.5 Å². The second kappa shape index (κ2) is 10.4. The van der Waals surface area contributed by atoms with Gasteiger partial charge in [-0.3, -0.25) is 9.89 Å². The molecular formula is C18H27F3IN5. The number of nitrogens with one attached hydrogen (secondary N) is 2. The molecule has 5 nitrogen and oxygen atoms in total. The number of hydrogen-bond acceptors (Lipinski definition) is 5. The summed E-state index contributed by atoms with van der Waals surface area (Å²) in [5.41, 5.74) is 0.0743. The monoisotopic (exact) mass is 497 g/mol. The van der Waals surface area contributed by atoms with Crippen LogP contribution in [0.3, 0.4) is 0 Å². The van der Waals surface area contributed by atoms with Crippen LogP contribution in [0.15, 0.2) is 29.3 Å². The number of benzene rings is 1. The van der Waals surface area contributed by atoms with Gasteiger partial charge in [0.05, 0.1) is 5.56 Å². The lowest BCUT2D eigenvalue weighted by Gasteiger charge is -2.36. The molecule has 0 radical (unpaired) electrons. The highest BCUT2D eigenvalue weighted by Crippen LogP contribution is 2.31. The van der Waals surface area contributed by atoms with E-state index in [1.54, 1.807) is 6.07 Å². The number of anilines is 1. The molecule has 1 saturated heterocycles. The molecule has 0 spiro atoms. The van der Waals surface area contributed by atoms with Crippen molar-refractivity contribution < 1.29 is 13.2 Å². The van der Waals surface area contributed by atoms with E-state index in [1.807, 2.05) is 4.90 Å². The molecule has 0 atom stereocenters. The van der Waals surface area contributed by atoms with Crippen LogP contribution in [0, 0.1) is 0 Å². The van der Waals surface area contributed by atoms with Gasteiger partial charge in [0.2, 0.25) is 0 Å². The van der Waals surface area contributed by atoms with E-state index in [-0.39, 0.29) is 24.0 Å². The molecule has 0 saturated carbocycles. The number of nitrogens with zero attached hydrogens (tertiary/aromatic N) is 3. The number of alkyl halides is 3. The molecule has 0 bridgehead atoms. The third-order valence-corrected chi connectivity index (χ3v) is 4.75. The van der Waals surface area contributed by atoms with Gasteiger partial charge < -0.3 is 15.5 Å². The molecule has 2 aliphatic rings. The van der Waals surface area contributed by atoms with E-state index in [9.17, 15) is 13.2 Å². The van der Waals surface area contributed by atoms with Crippen LogP contribution in [0.25, 0.3) is 0 Å². The Morgan fingerprint density at radius 3 is 2.59 bits per heavy atom. The Bertz CT molecular complexity index is 615. The Morgan fingerprint density at radius 1 is 1.15 bits per heavy atom. The number of halogens is 4. The molecule has 2 aliphatic heterocycles. The largest absolute Gasteiger partial charge is 0.416 e. The topological polar surface area (TPSA) is 42.9 Å². The van der Waals surface area contributed by atoms with Gasteiger partial charge in [-0.25, -0.2) is 0 Å². The van der Waals surface area contributed by atoms with Crippen LogP contribution >= 0.6 is 24.0 Å². The average molecular weight is 497 g/mol. The molecule has 0 aliphatic carbocycles. The van der Waals surface area contributed by atoms with Crippen LogP contribution in [0.1, 0.15) is 18.4 Å². The summed E-state index contributed by atoms with van der Waals surface area (Å²) in [5.74, 6) is 0.894. The predicted molar refractivity (Wildman–Crippen MR) is 113 cm³/mol. The minimum atomic E-state index is -4.29. The molecule has 1 fully saturated rings. The Hall–Kier alpha value is -1.23. The van der Waals surface area contributed by atoms with Crippen LogP contribution in [-0.4, -0.2) is 63.2 Å². The minimum Gasteiger partial charge on any atom is -0.369 e. The molecule has 9 heteroatoms. The lowest BCUT2D eigenvalue weighted by Crippen LogP contribution is -2.47. The van der Waals surface area contributed by atoms with Gasteiger partial charge in [-0.15, -0.1) is 24.0 Å². The van der Waals surface area contributed by atoms with E-state index in [0.717, 1.165) is 77.2 Å². The highest BCUT2D eigenvalue weighted by Gasteiger charge is 2.31. The van der Waals surface area contributed by atoms with Crippen molar-refractivity contribution in [2.24, 2.45) is 4.99 Å². The molecule has 2 N–H and O–H groups in total. The molecule has 0 aromatic heterocycles. The summed E-state index contributed by atoms with van der Waals surface area (Å²) >= 11 is 0. The second-order valence-electron chi connectivity index (χ2n) is 6.67. The quantitative estimate of drug-likeness (QED) is 0.486. The molecule has 0 unspecified atom stereocenters. The summed E-state index contributed by atoms with van der Waals surface area (Å²) in [6.07, 6.45) is -2.19. The van der Waals surface area contributed by atoms with Gasteiger partial charge in [0.25, 0.3) is 0 Å². The Morgan fingerprint density at radius 2 is 1.93 bits per heavy atom. The molecule has 3 rings (SSSR count). The van der Waals surface area contributed by atoms with Gasteiger partial charge in [0.1, 0.15) is 0 Å². The van der Waals surface area contributed by atoms with Crippen molar-refractivity contribution in [1.29, 1.82) is 0 Å². The molecule has 1 aromatic rings. The first-order valence-corrected chi connectivity index (χ1v) is 9.19. The van der Waals surface area contributed by atoms with E-state index in [0.29, 0.717) is 5.69 Å². The molecule has 27 heavy (non-hydrogen) atoms. The number of aliphatic imine (C=N–C) groups is 1. The van der Waals surface area contributed by atoms with Crippen molar-refractivity contribution in [2.45, 2.75) is 19.0 Å². The van der Waals surface area contributed by atoms with E-state index >= 15 is 0 Å². The smallest absolute Gasteiger partial charge is 0.369 e.